The number of amides is 2. The van der Waals surface area contributed by atoms with Gasteiger partial charge in [0.25, 0.3) is 5.91 Å². The molecule has 45 heavy (non-hydrogen) atoms. The molecule has 12 heteroatoms. The third-order valence-corrected chi connectivity index (χ3v) is 7.51. The van der Waals surface area contributed by atoms with Crippen LogP contribution in [-0.2, 0) is 11.0 Å². The lowest BCUT2D eigenvalue weighted by Crippen LogP contribution is -2.33. The highest BCUT2D eigenvalue weighted by molar-refractivity contribution is 6.17. The largest absolute Gasteiger partial charge is 0.416 e. The lowest BCUT2D eigenvalue weighted by Gasteiger charge is -2.19. The fourth-order valence-corrected chi connectivity index (χ4v) is 5.03. The molecular weight excluding hydrogens is 583 g/mol. The lowest BCUT2D eigenvalue weighted by molar-refractivity contribution is -0.137. The summed E-state index contributed by atoms with van der Waals surface area (Å²) in [5, 5.41) is 17.9. The van der Waals surface area contributed by atoms with E-state index in [1.54, 1.807) is 18.3 Å². The number of allylic oxidation sites excluding steroid dienone is 1. The van der Waals surface area contributed by atoms with E-state index in [9.17, 15) is 22.8 Å². The summed E-state index contributed by atoms with van der Waals surface area (Å²) in [5.41, 5.74) is 7.93. The van der Waals surface area contributed by atoms with Crippen LogP contribution in [0.2, 0.25) is 0 Å². The standard InChI is InChI=1S/C33H38F3N7O2/c1-21-15-17-40-30-24(9-7-5-3-2-4-6-8-10-27(44)42-21)20-41-31(38)28(30)29(37)22-11-13-23(14-12-22)32(45)43-26-19-25(16-18-39-26)33(34,35)36/h7,9,11-14,16,18-21,37,40H,2-6,8,10,15,17H2,1H3,(H2,38,41)(H,42,44)(H,39,43,45)/b9-7+,37-29?. The Kier molecular flexibility index (Phi) is 11.3. The maximum Gasteiger partial charge on any atom is 0.416 e. The van der Waals surface area contributed by atoms with Gasteiger partial charge in [0.15, 0.2) is 0 Å². The maximum absolute atomic E-state index is 13.0. The number of nitrogen functional groups attached to an aromatic ring is 1. The van der Waals surface area contributed by atoms with Crippen molar-refractivity contribution >= 4 is 40.9 Å². The molecule has 1 atom stereocenters. The number of pyridine rings is 2. The minimum absolute atomic E-state index is 0.0491. The summed E-state index contributed by atoms with van der Waals surface area (Å²) in [4.78, 5) is 33.2. The number of hydrogen-bond donors (Lipinski definition) is 5. The number of hydrogen-bond acceptors (Lipinski definition) is 7. The van der Waals surface area contributed by atoms with Gasteiger partial charge in [-0.25, -0.2) is 9.97 Å². The number of alkyl halides is 3. The fourth-order valence-electron chi connectivity index (χ4n) is 5.03. The van der Waals surface area contributed by atoms with Crippen molar-refractivity contribution in [3.05, 3.63) is 82.7 Å². The van der Waals surface area contributed by atoms with Crippen LogP contribution in [0.3, 0.4) is 0 Å². The van der Waals surface area contributed by atoms with Crippen LogP contribution in [0.15, 0.2) is 54.9 Å². The summed E-state index contributed by atoms with van der Waals surface area (Å²) in [7, 11) is 0. The van der Waals surface area contributed by atoms with Crippen LogP contribution in [0.1, 0.15) is 90.9 Å². The van der Waals surface area contributed by atoms with Crippen molar-refractivity contribution in [1.29, 1.82) is 5.41 Å². The van der Waals surface area contributed by atoms with Crippen molar-refractivity contribution in [3.63, 3.8) is 0 Å². The average molecular weight is 622 g/mol. The van der Waals surface area contributed by atoms with E-state index in [0.29, 0.717) is 36.2 Å². The minimum atomic E-state index is -4.57. The highest BCUT2D eigenvalue weighted by atomic mass is 19.4. The van der Waals surface area contributed by atoms with Crippen LogP contribution < -0.4 is 21.7 Å². The van der Waals surface area contributed by atoms with Gasteiger partial charge in [0, 0.05) is 48.1 Å². The Morgan fingerprint density at radius 3 is 2.51 bits per heavy atom. The van der Waals surface area contributed by atoms with Gasteiger partial charge < -0.3 is 21.7 Å². The fraction of sp³-hybridized carbons (Fsp3) is 0.364. The van der Waals surface area contributed by atoms with Crippen molar-refractivity contribution in [1.82, 2.24) is 15.3 Å². The number of anilines is 3. The van der Waals surface area contributed by atoms with Gasteiger partial charge in [-0.1, -0.05) is 43.5 Å². The van der Waals surface area contributed by atoms with Gasteiger partial charge in [0.2, 0.25) is 5.91 Å². The predicted octanol–water partition coefficient (Wildman–Crippen LogP) is 6.81. The smallest absolute Gasteiger partial charge is 0.384 e. The number of fused-ring (bicyclic) bond motifs is 1. The Morgan fingerprint density at radius 1 is 1.04 bits per heavy atom. The van der Waals surface area contributed by atoms with Gasteiger partial charge in [0.1, 0.15) is 11.6 Å². The molecule has 1 aromatic carbocycles. The van der Waals surface area contributed by atoms with E-state index in [4.69, 9.17) is 11.1 Å². The monoisotopic (exact) mass is 621 g/mol. The van der Waals surface area contributed by atoms with Crippen LogP contribution >= 0.6 is 0 Å². The molecule has 2 amide bonds. The molecule has 2 aromatic heterocycles. The topological polar surface area (TPSA) is 146 Å². The van der Waals surface area contributed by atoms with Crippen molar-refractivity contribution in [2.24, 2.45) is 0 Å². The molecule has 1 aliphatic rings. The molecule has 3 aromatic rings. The second-order valence-electron chi connectivity index (χ2n) is 11.1. The molecule has 3 heterocycles. The summed E-state index contributed by atoms with van der Waals surface area (Å²) in [6.07, 6.45) is 9.29. The Balaban J connectivity index is 1.56. The normalized spacial score (nSPS) is 17.6. The van der Waals surface area contributed by atoms with Gasteiger partial charge >= 0.3 is 6.18 Å². The third kappa shape index (κ3) is 9.37. The zero-order chi connectivity index (χ0) is 32.4. The number of aromatic nitrogens is 2. The zero-order valence-electron chi connectivity index (χ0n) is 25.1. The molecule has 6 N–H and O–H groups in total. The van der Waals surface area contributed by atoms with E-state index in [1.807, 2.05) is 13.0 Å². The highest BCUT2D eigenvalue weighted by Gasteiger charge is 2.31. The Morgan fingerprint density at radius 2 is 1.76 bits per heavy atom. The first-order chi connectivity index (χ1) is 21.5. The minimum Gasteiger partial charge on any atom is -0.384 e. The number of halogens is 3. The van der Waals surface area contributed by atoms with Gasteiger partial charge in [-0.15, -0.1) is 0 Å². The van der Waals surface area contributed by atoms with E-state index in [2.05, 4.69) is 32.0 Å². The Labute approximate surface area is 260 Å². The van der Waals surface area contributed by atoms with Gasteiger partial charge in [0.05, 0.1) is 22.5 Å². The summed E-state index contributed by atoms with van der Waals surface area (Å²) >= 11 is 0. The quantitative estimate of drug-likeness (QED) is 0.202. The average Bonchev–Trinajstić information content (AvgIpc) is 3.00. The van der Waals surface area contributed by atoms with E-state index in [0.717, 1.165) is 62.4 Å². The molecule has 0 saturated carbocycles. The van der Waals surface area contributed by atoms with E-state index in [-0.39, 0.29) is 34.9 Å². The highest BCUT2D eigenvalue weighted by Crippen LogP contribution is 2.31. The number of nitrogens with two attached hydrogens (primary N) is 1. The molecule has 0 spiro atoms. The molecule has 0 radical (unpaired) electrons. The Hall–Kier alpha value is -4.74. The molecule has 0 bridgehead atoms. The summed E-state index contributed by atoms with van der Waals surface area (Å²) in [6, 6.07) is 7.63. The number of rotatable bonds is 4. The molecular formula is C33H38F3N7O2. The summed E-state index contributed by atoms with van der Waals surface area (Å²) in [5.74, 6) is -0.669. The molecule has 4 rings (SSSR count). The summed E-state index contributed by atoms with van der Waals surface area (Å²) in [6.45, 7) is 2.47. The number of carbonyl (C=O) groups excluding carboxylic acids is 2. The second-order valence-corrected chi connectivity index (χ2v) is 11.1. The first-order valence-corrected chi connectivity index (χ1v) is 15.0. The van der Waals surface area contributed by atoms with Crippen LogP contribution in [0.25, 0.3) is 6.08 Å². The second kappa shape index (κ2) is 15.3. The molecule has 0 saturated heterocycles. The molecule has 1 aliphatic heterocycles. The number of carbonyl (C=O) groups is 2. The van der Waals surface area contributed by atoms with Crippen molar-refractivity contribution in [3.8, 4) is 0 Å². The lowest BCUT2D eigenvalue weighted by atomic mass is 9.97. The van der Waals surface area contributed by atoms with Crippen LogP contribution in [-0.4, -0.2) is 40.1 Å². The molecule has 9 nitrogen and oxygen atoms in total. The Bertz CT molecular complexity index is 1540. The van der Waals surface area contributed by atoms with E-state index >= 15 is 0 Å². The van der Waals surface area contributed by atoms with Crippen LogP contribution in [0.4, 0.5) is 30.5 Å². The molecule has 1 unspecified atom stereocenters. The maximum atomic E-state index is 13.0. The van der Waals surface area contributed by atoms with Gasteiger partial charge in [-0.3, -0.25) is 15.0 Å². The van der Waals surface area contributed by atoms with Crippen molar-refractivity contribution < 1.29 is 22.8 Å². The number of benzene rings is 1. The first kappa shape index (κ1) is 33.2. The first-order valence-electron chi connectivity index (χ1n) is 15.0. The van der Waals surface area contributed by atoms with Crippen LogP contribution in [0, 0.1) is 5.41 Å². The number of nitrogens with one attached hydrogen (secondary N) is 4. The molecule has 0 aliphatic carbocycles. The van der Waals surface area contributed by atoms with E-state index in [1.165, 1.54) is 12.1 Å². The molecule has 0 fully saturated rings. The number of nitrogens with zero attached hydrogens (tertiary/aromatic N) is 2. The SMILES string of the molecule is CC1CCNc2c(cnc(N)c2C(=N)c2ccc(C(=O)Nc3cc(C(F)(F)F)ccn3)cc2)/C=C/CCCCCCCC(=O)N1. The third-order valence-electron chi connectivity index (χ3n) is 7.51. The molecule has 238 valence electrons. The van der Waals surface area contributed by atoms with Gasteiger partial charge in [-0.2, -0.15) is 13.2 Å². The van der Waals surface area contributed by atoms with Crippen molar-refractivity contribution in [2.45, 2.75) is 70.5 Å². The van der Waals surface area contributed by atoms with E-state index < -0.39 is 17.6 Å². The predicted molar refractivity (Wildman–Crippen MR) is 170 cm³/mol. The van der Waals surface area contributed by atoms with Gasteiger partial charge in [-0.05, 0) is 56.9 Å². The summed E-state index contributed by atoms with van der Waals surface area (Å²) < 4.78 is 39.1. The van der Waals surface area contributed by atoms with Crippen LogP contribution in [0.5, 0.6) is 0 Å². The van der Waals surface area contributed by atoms with Crippen molar-refractivity contribution in [2.75, 3.05) is 22.9 Å². The zero-order valence-corrected chi connectivity index (χ0v) is 25.1.